The molecule has 2 rings (SSSR count). The van der Waals surface area contributed by atoms with E-state index >= 15 is 0 Å². The summed E-state index contributed by atoms with van der Waals surface area (Å²) >= 11 is 0. The van der Waals surface area contributed by atoms with Gasteiger partial charge in [0.15, 0.2) is 0 Å². The predicted molar refractivity (Wildman–Crippen MR) is 96.2 cm³/mol. The first-order valence-electron chi connectivity index (χ1n) is 8.19. The number of nitro groups is 1. The largest absolute Gasteiger partial charge is 0.867 e. The average molecular weight is 355 g/mol. The standard InChI is InChI=1S/C19H20N2O5/c1-3-4-9-26-19(23)14-5-7-16(8-6-14)20-12-15-10-13(2)11-17(18(15)22)21(24)25/h5-8,10-12,22H,3-4,9H2,1-2H3/p-1. The van der Waals surface area contributed by atoms with Crippen LogP contribution in [-0.2, 0) is 4.74 Å². The lowest BCUT2D eigenvalue weighted by atomic mass is 10.1. The molecule has 0 atom stereocenters. The van der Waals surface area contributed by atoms with E-state index in [0.29, 0.717) is 23.4 Å². The van der Waals surface area contributed by atoms with Crippen LogP contribution in [0.3, 0.4) is 0 Å². The van der Waals surface area contributed by atoms with Gasteiger partial charge in [-0.05, 0) is 54.5 Å². The van der Waals surface area contributed by atoms with Gasteiger partial charge in [-0.3, -0.25) is 15.1 Å². The number of ether oxygens (including phenoxy) is 1. The van der Waals surface area contributed by atoms with E-state index in [1.54, 1.807) is 31.2 Å². The van der Waals surface area contributed by atoms with Crippen molar-refractivity contribution in [2.75, 3.05) is 6.61 Å². The van der Waals surface area contributed by atoms with Crippen molar-refractivity contribution in [3.63, 3.8) is 0 Å². The number of benzene rings is 2. The zero-order valence-corrected chi connectivity index (χ0v) is 14.6. The molecule has 0 aliphatic carbocycles. The third-order valence-electron chi connectivity index (χ3n) is 3.63. The van der Waals surface area contributed by atoms with Gasteiger partial charge in [0, 0.05) is 12.3 Å². The van der Waals surface area contributed by atoms with Gasteiger partial charge in [0.25, 0.3) is 5.69 Å². The Hall–Kier alpha value is -3.22. The topological polar surface area (TPSA) is 105 Å². The molecule has 0 N–H and O–H groups in total. The second-order valence-electron chi connectivity index (χ2n) is 5.75. The van der Waals surface area contributed by atoms with Crippen molar-refractivity contribution in [2.45, 2.75) is 26.7 Å². The highest BCUT2D eigenvalue weighted by atomic mass is 16.6. The van der Waals surface area contributed by atoms with E-state index in [2.05, 4.69) is 4.99 Å². The molecule has 0 aliphatic heterocycles. The highest BCUT2D eigenvalue weighted by molar-refractivity contribution is 5.90. The van der Waals surface area contributed by atoms with Gasteiger partial charge in [-0.2, -0.15) is 0 Å². The van der Waals surface area contributed by atoms with E-state index < -0.39 is 22.3 Å². The molecule has 7 nitrogen and oxygen atoms in total. The maximum atomic E-state index is 12.1. The molecule has 0 aliphatic rings. The third-order valence-corrected chi connectivity index (χ3v) is 3.63. The number of esters is 1. The average Bonchev–Trinajstić information content (AvgIpc) is 2.62. The maximum absolute atomic E-state index is 12.1. The Morgan fingerprint density at radius 3 is 2.58 bits per heavy atom. The van der Waals surface area contributed by atoms with Crippen LogP contribution in [0.15, 0.2) is 41.4 Å². The van der Waals surface area contributed by atoms with Gasteiger partial charge in [0.2, 0.25) is 0 Å². The van der Waals surface area contributed by atoms with Crippen molar-refractivity contribution < 1.29 is 19.6 Å². The summed E-state index contributed by atoms with van der Waals surface area (Å²) in [6, 6.07) is 9.16. The number of rotatable bonds is 7. The number of hydrogen-bond acceptors (Lipinski definition) is 6. The quantitative estimate of drug-likeness (QED) is 0.248. The van der Waals surface area contributed by atoms with Crippen molar-refractivity contribution in [3.05, 3.63) is 63.2 Å². The molecule has 0 saturated heterocycles. The molecular weight excluding hydrogens is 336 g/mol. The first kappa shape index (κ1) is 19.1. The Balaban J connectivity index is 2.14. The van der Waals surface area contributed by atoms with E-state index in [9.17, 15) is 20.0 Å². The van der Waals surface area contributed by atoms with Crippen LogP contribution < -0.4 is 5.11 Å². The molecule has 0 fully saturated rings. The molecule has 2 aromatic carbocycles. The van der Waals surface area contributed by atoms with Crippen LogP contribution in [0.1, 0.15) is 41.3 Å². The molecular formula is C19H19N2O5-. The number of nitrogens with zero attached hydrogens (tertiary/aromatic N) is 2. The summed E-state index contributed by atoms with van der Waals surface area (Å²) in [5.41, 5.74) is 1.19. The number of hydrogen-bond donors (Lipinski definition) is 0. The van der Waals surface area contributed by atoms with E-state index in [1.165, 1.54) is 18.3 Å². The van der Waals surface area contributed by atoms with Gasteiger partial charge in [-0.25, -0.2) is 4.79 Å². The predicted octanol–water partition coefficient (Wildman–Crippen LogP) is 3.68. The highest BCUT2D eigenvalue weighted by Crippen LogP contribution is 2.28. The molecule has 0 saturated carbocycles. The molecule has 0 spiro atoms. The molecule has 0 radical (unpaired) electrons. The minimum absolute atomic E-state index is 0.139. The van der Waals surface area contributed by atoms with Crippen molar-refractivity contribution in [2.24, 2.45) is 4.99 Å². The molecule has 0 unspecified atom stereocenters. The van der Waals surface area contributed by atoms with Crippen LogP contribution in [0, 0.1) is 17.0 Å². The van der Waals surface area contributed by atoms with Gasteiger partial charge in [0.1, 0.15) is 0 Å². The molecule has 26 heavy (non-hydrogen) atoms. The van der Waals surface area contributed by atoms with E-state index in [0.717, 1.165) is 12.8 Å². The molecule has 0 heterocycles. The highest BCUT2D eigenvalue weighted by Gasteiger charge is 2.10. The van der Waals surface area contributed by atoms with Crippen molar-refractivity contribution >= 4 is 23.6 Å². The lowest BCUT2D eigenvalue weighted by Crippen LogP contribution is -2.05. The summed E-state index contributed by atoms with van der Waals surface area (Å²) in [5.74, 6) is -1.08. The fraction of sp³-hybridized carbons (Fsp3) is 0.263. The number of aryl methyl sites for hydroxylation is 1. The lowest BCUT2D eigenvalue weighted by Gasteiger charge is -2.11. The first-order chi connectivity index (χ1) is 12.4. The number of nitro benzene ring substituents is 1. The molecule has 7 heteroatoms. The second-order valence-corrected chi connectivity index (χ2v) is 5.75. The van der Waals surface area contributed by atoms with Crippen LogP contribution in [0.5, 0.6) is 5.75 Å². The Morgan fingerprint density at radius 2 is 1.96 bits per heavy atom. The zero-order chi connectivity index (χ0) is 19.1. The smallest absolute Gasteiger partial charge is 0.338 e. The minimum Gasteiger partial charge on any atom is -0.867 e. The van der Waals surface area contributed by atoms with Gasteiger partial charge in [0.05, 0.1) is 22.8 Å². The zero-order valence-electron chi connectivity index (χ0n) is 14.6. The fourth-order valence-electron chi connectivity index (χ4n) is 2.23. The van der Waals surface area contributed by atoms with Gasteiger partial charge < -0.3 is 9.84 Å². The van der Waals surface area contributed by atoms with Gasteiger partial charge in [-0.15, -0.1) is 0 Å². The molecule has 0 amide bonds. The monoisotopic (exact) mass is 355 g/mol. The molecule has 0 bridgehead atoms. The second kappa shape index (κ2) is 8.75. The van der Waals surface area contributed by atoms with Gasteiger partial charge in [-0.1, -0.05) is 19.4 Å². The van der Waals surface area contributed by atoms with Crippen molar-refractivity contribution in [3.8, 4) is 5.75 Å². The summed E-state index contributed by atoms with van der Waals surface area (Å²) < 4.78 is 5.12. The van der Waals surface area contributed by atoms with E-state index in [1.807, 2.05) is 6.92 Å². The van der Waals surface area contributed by atoms with Crippen LogP contribution in [0.25, 0.3) is 0 Å². The minimum atomic E-state index is -0.703. The Morgan fingerprint density at radius 1 is 1.27 bits per heavy atom. The fourth-order valence-corrected chi connectivity index (χ4v) is 2.23. The maximum Gasteiger partial charge on any atom is 0.338 e. The third kappa shape index (κ3) is 4.89. The van der Waals surface area contributed by atoms with Gasteiger partial charge >= 0.3 is 5.97 Å². The first-order valence-corrected chi connectivity index (χ1v) is 8.19. The number of unbranched alkanes of at least 4 members (excludes halogenated alkanes) is 1. The summed E-state index contributed by atoms with van der Waals surface area (Å²) in [5, 5.41) is 23.0. The Labute approximate surface area is 151 Å². The Bertz CT molecular complexity index is 829. The molecule has 136 valence electrons. The summed E-state index contributed by atoms with van der Waals surface area (Å²) in [6.45, 7) is 4.06. The summed E-state index contributed by atoms with van der Waals surface area (Å²) in [7, 11) is 0. The number of carbonyl (C=O) groups excluding carboxylic acids is 1. The van der Waals surface area contributed by atoms with Crippen LogP contribution in [-0.4, -0.2) is 23.7 Å². The normalized spacial score (nSPS) is 10.8. The number of carbonyl (C=O) groups is 1. The summed E-state index contributed by atoms with van der Waals surface area (Å²) in [4.78, 5) is 26.2. The SMILES string of the molecule is CCCCOC(=O)c1ccc(N=Cc2cc(C)cc([N+](=O)[O-])c2[O-])cc1. The number of aliphatic imine (C=N–C) groups is 1. The molecule has 0 aromatic heterocycles. The lowest BCUT2D eigenvalue weighted by molar-refractivity contribution is -0.398. The van der Waals surface area contributed by atoms with E-state index in [-0.39, 0.29) is 5.56 Å². The van der Waals surface area contributed by atoms with Crippen LogP contribution >= 0.6 is 0 Å². The van der Waals surface area contributed by atoms with Crippen molar-refractivity contribution in [1.82, 2.24) is 0 Å². The Kier molecular flexibility index (Phi) is 6.43. The molecule has 2 aromatic rings. The van der Waals surface area contributed by atoms with E-state index in [4.69, 9.17) is 4.74 Å². The van der Waals surface area contributed by atoms with Crippen molar-refractivity contribution in [1.29, 1.82) is 0 Å². The van der Waals surface area contributed by atoms with Crippen LogP contribution in [0.2, 0.25) is 0 Å². The van der Waals surface area contributed by atoms with Crippen LogP contribution in [0.4, 0.5) is 11.4 Å². The summed E-state index contributed by atoms with van der Waals surface area (Å²) in [6.07, 6.45) is 3.05.